The molecule has 5 nitrogen and oxygen atoms in total. The smallest absolute Gasteiger partial charge is 0.387 e. The van der Waals surface area contributed by atoms with E-state index in [1.165, 1.54) is 29.5 Å². The van der Waals surface area contributed by atoms with Crippen LogP contribution in [0.15, 0.2) is 41.8 Å². The van der Waals surface area contributed by atoms with Crippen molar-refractivity contribution in [2.45, 2.75) is 6.61 Å². The molecule has 0 saturated carbocycles. The standard InChI is InChI=1S/C16H14F2N2O3S/c17-16(18)23-12-4-1-3-11(7-12)19-14(21)10-8-20(9-10)15(22)13-5-2-6-24-13/h1-7,10,16H,8-9H2,(H,19,21). The average molecular weight is 352 g/mol. The zero-order chi connectivity index (χ0) is 17.1. The molecule has 0 radical (unpaired) electrons. The zero-order valence-electron chi connectivity index (χ0n) is 12.4. The monoisotopic (exact) mass is 352 g/mol. The third kappa shape index (κ3) is 3.70. The van der Waals surface area contributed by atoms with Crippen molar-refractivity contribution in [3.8, 4) is 5.75 Å². The van der Waals surface area contributed by atoms with Crippen molar-refractivity contribution in [3.05, 3.63) is 46.7 Å². The van der Waals surface area contributed by atoms with Gasteiger partial charge in [0.05, 0.1) is 10.8 Å². The van der Waals surface area contributed by atoms with Crippen molar-refractivity contribution in [3.63, 3.8) is 0 Å². The Kier molecular flexibility index (Phi) is 4.75. The Bertz CT molecular complexity index is 731. The molecule has 1 aromatic heterocycles. The van der Waals surface area contributed by atoms with Gasteiger partial charge in [0.25, 0.3) is 5.91 Å². The fourth-order valence-corrected chi connectivity index (χ4v) is 3.05. The molecule has 126 valence electrons. The lowest BCUT2D eigenvalue weighted by Gasteiger charge is -2.37. The summed E-state index contributed by atoms with van der Waals surface area (Å²) >= 11 is 1.36. The fraction of sp³-hybridized carbons (Fsp3) is 0.250. The molecular formula is C16H14F2N2O3S. The first-order valence-corrected chi connectivity index (χ1v) is 8.09. The number of carbonyl (C=O) groups excluding carboxylic acids is 2. The Labute approximate surface area is 140 Å². The molecule has 2 heterocycles. The maximum atomic E-state index is 12.2. The van der Waals surface area contributed by atoms with E-state index in [4.69, 9.17) is 0 Å². The molecule has 0 aliphatic carbocycles. The second kappa shape index (κ2) is 6.96. The molecule has 1 aliphatic rings. The van der Waals surface area contributed by atoms with E-state index in [2.05, 4.69) is 10.1 Å². The highest BCUT2D eigenvalue weighted by molar-refractivity contribution is 7.12. The minimum absolute atomic E-state index is 0.0223. The van der Waals surface area contributed by atoms with Gasteiger partial charge in [-0.05, 0) is 23.6 Å². The van der Waals surface area contributed by atoms with Gasteiger partial charge in [-0.2, -0.15) is 8.78 Å². The normalized spacial score (nSPS) is 14.4. The molecule has 1 fully saturated rings. The molecule has 3 rings (SSSR count). The van der Waals surface area contributed by atoms with Crippen LogP contribution in [0.1, 0.15) is 9.67 Å². The molecule has 2 amide bonds. The fourth-order valence-electron chi connectivity index (χ4n) is 2.36. The number of alkyl halides is 2. The van der Waals surface area contributed by atoms with Crippen LogP contribution >= 0.6 is 11.3 Å². The molecule has 1 aromatic carbocycles. The number of benzene rings is 1. The van der Waals surface area contributed by atoms with E-state index in [1.807, 2.05) is 5.38 Å². The summed E-state index contributed by atoms with van der Waals surface area (Å²) in [7, 11) is 0. The van der Waals surface area contributed by atoms with Crippen LogP contribution in [0.2, 0.25) is 0 Å². The molecule has 0 bridgehead atoms. The predicted molar refractivity (Wildman–Crippen MR) is 85.4 cm³/mol. The molecule has 1 N–H and O–H groups in total. The highest BCUT2D eigenvalue weighted by atomic mass is 32.1. The van der Waals surface area contributed by atoms with E-state index in [0.717, 1.165) is 0 Å². The van der Waals surface area contributed by atoms with E-state index in [1.54, 1.807) is 23.1 Å². The maximum Gasteiger partial charge on any atom is 0.387 e. The van der Waals surface area contributed by atoms with Gasteiger partial charge in [-0.15, -0.1) is 11.3 Å². The molecule has 0 spiro atoms. The number of likely N-dealkylation sites (tertiary alicyclic amines) is 1. The lowest BCUT2D eigenvalue weighted by atomic mass is 9.98. The van der Waals surface area contributed by atoms with Crippen molar-refractivity contribution in [2.75, 3.05) is 18.4 Å². The molecule has 0 atom stereocenters. The highest BCUT2D eigenvalue weighted by Gasteiger charge is 2.36. The number of nitrogens with one attached hydrogen (secondary N) is 1. The van der Waals surface area contributed by atoms with E-state index in [0.29, 0.717) is 23.7 Å². The number of halogens is 2. The predicted octanol–water partition coefficient (Wildman–Crippen LogP) is 3.06. The Hall–Kier alpha value is -2.48. The Morgan fingerprint density at radius 1 is 1.25 bits per heavy atom. The number of nitrogens with zero attached hydrogens (tertiary/aromatic N) is 1. The topological polar surface area (TPSA) is 58.6 Å². The third-order valence-electron chi connectivity index (χ3n) is 3.60. The summed E-state index contributed by atoms with van der Waals surface area (Å²) in [4.78, 5) is 26.5. The van der Waals surface area contributed by atoms with E-state index in [9.17, 15) is 18.4 Å². The first-order valence-electron chi connectivity index (χ1n) is 7.21. The van der Waals surface area contributed by atoms with Crippen LogP contribution < -0.4 is 10.1 Å². The van der Waals surface area contributed by atoms with Gasteiger partial charge in [0.15, 0.2) is 0 Å². The molecule has 1 aliphatic heterocycles. The molecule has 0 unspecified atom stereocenters. The quantitative estimate of drug-likeness (QED) is 0.900. The number of amides is 2. The summed E-state index contributed by atoms with van der Waals surface area (Å²) in [5, 5.41) is 4.48. The SMILES string of the molecule is O=C(Nc1cccc(OC(F)F)c1)C1CN(C(=O)c2cccs2)C1. The Morgan fingerprint density at radius 3 is 2.71 bits per heavy atom. The van der Waals surface area contributed by atoms with Gasteiger partial charge in [0, 0.05) is 24.8 Å². The first kappa shape index (κ1) is 16.4. The van der Waals surface area contributed by atoms with Crippen molar-refractivity contribution >= 4 is 28.8 Å². The van der Waals surface area contributed by atoms with E-state index >= 15 is 0 Å². The first-order chi connectivity index (χ1) is 11.5. The number of carbonyl (C=O) groups is 2. The number of anilines is 1. The van der Waals surface area contributed by atoms with Gasteiger partial charge >= 0.3 is 6.61 Å². The highest BCUT2D eigenvalue weighted by Crippen LogP contribution is 2.24. The van der Waals surface area contributed by atoms with Crippen molar-refractivity contribution in [2.24, 2.45) is 5.92 Å². The summed E-state index contributed by atoms with van der Waals surface area (Å²) < 4.78 is 28.7. The molecule has 24 heavy (non-hydrogen) atoms. The number of rotatable bonds is 5. The largest absolute Gasteiger partial charge is 0.435 e. The van der Waals surface area contributed by atoms with Crippen LogP contribution in [0, 0.1) is 5.92 Å². The van der Waals surface area contributed by atoms with Crippen molar-refractivity contribution in [1.82, 2.24) is 4.90 Å². The van der Waals surface area contributed by atoms with Crippen LogP contribution in [-0.2, 0) is 4.79 Å². The van der Waals surface area contributed by atoms with Gasteiger partial charge in [-0.1, -0.05) is 12.1 Å². The van der Waals surface area contributed by atoms with Gasteiger partial charge in [-0.3, -0.25) is 9.59 Å². The second-order valence-electron chi connectivity index (χ2n) is 5.28. The lowest BCUT2D eigenvalue weighted by Crippen LogP contribution is -2.54. The van der Waals surface area contributed by atoms with Gasteiger partial charge in [0.1, 0.15) is 5.75 Å². The van der Waals surface area contributed by atoms with Gasteiger partial charge in [0.2, 0.25) is 5.91 Å². The van der Waals surface area contributed by atoms with Gasteiger partial charge < -0.3 is 15.0 Å². The van der Waals surface area contributed by atoms with Crippen molar-refractivity contribution in [1.29, 1.82) is 0 Å². The number of hydrogen-bond donors (Lipinski definition) is 1. The van der Waals surface area contributed by atoms with E-state index < -0.39 is 6.61 Å². The zero-order valence-corrected chi connectivity index (χ0v) is 13.3. The maximum absolute atomic E-state index is 12.2. The second-order valence-corrected chi connectivity index (χ2v) is 6.23. The minimum atomic E-state index is -2.92. The number of ether oxygens (including phenoxy) is 1. The summed E-state index contributed by atoms with van der Waals surface area (Å²) in [6.45, 7) is -2.23. The minimum Gasteiger partial charge on any atom is -0.435 e. The van der Waals surface area contributed by atoms with E-state index in [-0.39, 0.29) is 23.5 Å². The number of hydrogen-bond acceptors (Lipinski definition) is 4. The summed E-state index contributed by atoms with van der Waals surface area (Å²) in [6, 6.07) is 9.36. The molecule has 2 aromatic rings. The molecule has 1 saturated heterocycles. The van der Waals surface area contributed by atoms with Crippen LogP contribution in [0.25, 0.3) is 0 Å². The molecule has 8 heteroatoms. The van der Waals surface area contributed by atoms with Crippen LogP contribution in [0.4, 0.5) is 14.5 Å². The summed E-state index contributed by atoms with van der Waals surface area (Å²) in [5.74, 6) is -0.666. The Morgan fingerprint density at radius 2 is 2.04 bits per heavy atom. The van der Waals surface area contributed by atoms with Crippen LogP contribution in [0.5, 0.6) is 5.75 Å². The number of thiophene rings is 1. The van der Waals surface area contributed by atoms with Crippen LogP contribution in [0.3, 0.4) is 0 Å². The lowest BCUT2D eigenvalue weighted by molar-refractivity contribution is -0.123. The van der Waals surface area contributed by atoms with Gasteiger partial charge in [-0.25, -0.2) is 0 Å². The Balaban J connectivity index is 1.53. The van der Waals surface area contributed by atoms with Crippen LogP contribution in [-0.4, -0.2) is 36.4 Å². The molecular weight excluding hydrogens is 338 g/mol. The summed E-state index contributed by atoms with van der Waals surface area (Å²) in [5.41, 5.74) is 0.376. The van der Waals surface area contributed by atoms with Crippen molar-refractivity contribution < 1.29 is 23.1 Å². The summed E-state index contributed by atoms with van der Waals surface area (Å²) in [6.07, 6.45) is 0. The average Bonchev–Trinajstić information content (AvgIpc) is 2.99. The third-order valence-corrected chi connectivity index (χ3v) is 4.46.